The number of halogens is 1. The summed E-state index contributed by atoms with van der Waals surface area (Å²) in [6.45, 7) is 0. The van der Waals surface area contributed by atoms with Crippen LogP contribution < -0.4 is 0 Å². The number of rotatable bonds is 3. The Bertz CT molecular complexity index is 362. The van der Waals surface area contributed by atoms with Crippen LogP contribution in [0.3, 0.4) is 0 Å². The molecule has 2 unspecified atom stereocenters. The molecule has 1 aromatic carbocycles. The maximum atomic E-state index is 10.5. The maximum Gasteiger partial charge on any atom is 0.303 e. The fourth-order valence-corrected chi connectivity index (χ4v) is 2.04. The quantitative estimate of drug-likeness (QED) is 0.833. The molecule has 0 saturated heterocycles. The van der Waals surface area contributed by atoms with E-state index in [1.54, 1.807) is 0 Å². The molecule has 3 heteroatoms. The van der Waals surface area contributed by atoms with E-state index >= 15 is 0 Å². The summed E-state index contributed by atoms with van der Waals surface area (Å²) in [6.07, 6.45) is 1.25. The standard InChI is InChI=1S/C11H11ClO2/c12-9-3-1-2-7(4-9)10-5-8(10)6-11(13)14/h1-4,8,10H,5-6H2,(H,13,14). The third-order valence-corrected chi connectivity index (χ3v) is 2.87. The van der Waals surface area contributed by atoms with Gasteiger partial charge in [0.05, 0.1) is 0 Å². The van der Waals surface area contributed by atoms with Crippen molar-refractivity contribution in [2.24, 2.45) is 5.92 Å². The van der Waals surface area contributed by atoms with Crippen LogP contribution in [0.5, 0.6) is 0 Å². The van der Waals surface area contributed by atoms with Gasteiger partial charge in [0.15, 0.2) is 0 Å². The van der Waals surface area contributed by atoms with E-state index in [0.717, 1.165) is 11.4 Å². The molecule has 0 amide bonds. The highest BCUT2D eigenvalue weighted by molar-refractivity contribution is 6.30. The Hall–Kier alpha value is -1.02. The van der Waals surface area contributed by atoms with E-state index in [-0.39, 0.29) is 6.42 Å². The van der Waals surface area contributed by atoms with Crippen molar-refractivity contribution in [1.29, 1.82) is 0 Å². The molecule has 0 heterocycles. The number of carboxylic acids is 1. The van der Waals surface area contributed by atoms with Gasteiger partial charge < -0.3 is 5.11 Å². The van der Waals surface area contributed by atoms with Gasteiger partial charge in [-0.15, -0.1) is 0 Å². The Kier molecular flexibility index (Phi) is 2.46. The van der Waals surface area contributed by atoms with Crippen LogP contribution in [0.4, 0.5) is 0 Å². The highest BCUT2D eigenvalue weighted by Gasteiger charge is 2.39. The van der Waals surface area contributed by atoms with Crippen molar-refractivity contribution < 1.29 is 9.90 Å². The van der Waals surface area contributed by atoms with Crippen molar-refractivity contribution >= 4 is 17.6 Å². The van der Waals surface area contributed by atoms with Gasteiger partial charge in [0.2, 0.25) is 0 Å². The number of hydrogen-bond donors (Lipinski definition) is 1. The van der Waals surface area contributed by atoms with E-state index in [1.165, 1.54) is 5.56 Å². The largest absolute Gasteiger partial charge is 0.481 e. The van der Waals surface area contributed by atoms with Crippen molar-refractivity contribution in [3.8, 4) is 0 Å². The van der Waals surface area contributed by atoms with Crippen LogP contribution in [0, 0.1) is 5.92 Å². The van der Waals surface area contributed by atoms with Crippen LogP contribution in [0.2, 0.25) is 5.02 Å². The zero-order valence-corrected chi connectivity index (χ0v) is 8.37. The summed E-state index contributed by atoms with van der Waals surface area (Å²) in [5.74, 6) is 0.00953. The van der Waals surface area contributed by atoms with Crippen molar-refractivity contribution in [2.75, 3.05) is 0 Å². The lowest BCUT2D eigenvalue weighted by Crippen LogP contribution is -1.96. The lowest BCUT2D eigenvalue weighted by Gasteiger charge is -1.99. The van der Waals surface area contributed by atoms with Gasteiger partial charge in [0.1, 0.15) is 0 Å². The van der Waals surface area contributed by atoms with Crippen LogP contribution in [0.1, 0.15) is 24.3 Å². The van der Waals surface area contributed by atoms with Crippen molar-refractivity contribution in [1.82, 2.24) is 0 Å². The van der Waals surface area contributed by atoms with Crippen molar-refractivity contribution in [3.05, 3.63) is 34.9 Å². The summed E-state index contributed by atoms with van der Waals surface area (Å²) >= 11 is 5.85. The Balaban J connectivity index is 2.02. The molecule has 0 aromatic heterocycles. The number of hydrogen-bond acceptors (Lipinski definition) is 1. The second kappa shape index (κ2) is 3.62. The molecule has 0 bridgehead atoms. The molecular formula is C11H11ClO2. The molecule has 0 aliphatic heterocycles. The predicted octanol–water partition coefficient (Wildman–Crippen LogP) is 2.92. The second-order valence-electron chi connectivity index (χ2n) is 3.76. The van der Waals surface area contributed by atoms with Gasteiger partial charge >= 0.3 is 5.97 Å². The molecule has 1 aliphatic carbocycles. The number of aliphatic carboxylic acids is 1. The summed E-state index contributed by atoms with van der Waals surface area (Å²) in [5.41, 5.74) is 1.17. The average Bonchev–Trinajstić information content (AvgIpc) is 2.82. The zero-order valence-electron chi connectivity index (χ0n) is 7.61. The Morgan fingerprint density at radius 3 is 3.00 bits per heavy atom. The second-order valence-corrected chi connectivity index (χ2v) is 4.19. The minimum absolute atomic E-state index is 0.275. The molecular weight excluding hydrogens is 200 g/mol. The summed E-state index contributed by atoms with van der Waals surface area (Å²) in [4.78, 5) is 10.5. The fraction of sp³-hybridized carbons (Fsp3) is 0.364. The van der Waals surface area contributed by atoms with E-state index < -0.39 is 5.97 Å². The van der Waals surface area contributed by atoms with Crippen molar-refractivity contribution in [3.63, 3.8) is 0 Å². The normalized spacial score (nSPS) is 24.6. The van der Waals surface area contributed by atoms with Gasteiger partial charge in [0.25, 0.3) is 0 Å². The van der Waals surface area contributed by atoms with Crippen LogP contribution in [0.15, 0.2) is 24.3 Å². The Morgan fingerprint density at radius 2 is 2.36 bits per heavy atom. The first kappa shape index (κ1) is 9.53. The maximum absolute atomic E-state index is 10.5. The van der Waals surface area contributed by atoms with Gasteiger partial charge in [-0.1, -0.05) is 23.7 Å². The molecule has 74 valence electrons. The van der Waals surface area contributed by atoms with E-state index in [4.69, 9.17) is 16.7 Å². The van der Waals surface area contributed by atoms with Crippen molar-refractivity contribution in [2.45, 2.75) is 18.8 Å². The number of benzene rings is 1. The molecule has 1 aromatic rings. The first-order valence-corrected chi connectivity index (χ1v) is 5.02. The highest BCUT2D eigenvalue weighted by atomic mass is 35.5. The van der Waals surface area contributed by atoms with Crippen LogP contribution >= 0.6 is 11.6 Å². The van der Waals surface area contributed by atoms with Gasteiger partial charge in [0, 0.05) is 11.4 Å². The average molecular weight is 211 g/mol. The summed E-state index contributed by atoms with van der Waals surface area (Å²) < 4.78 is 0. The highest BCUT2D eigenvalue weighted by Crippen LogP contribution is 2.49. The fourth-order valence-electron chi connectivity index (χ4n) is 1.84. The van der Waals surface area contributed by atoms with Gasteiger partial charge in [-0.25, -0.2) is 0 Å². The molecule has 1 N–H and O–H groups in total. The van der Waals surface area contributed by atoms with Crippen LogP contribution in [-0.2, 0) is 4.79 Å². The minimum Gasteiger partial charge on any atom is -0.481 e. The monoisotopic (exact) mass is 210 g/mol. The van der Waals surface area contributed by atoms with Crippen LogP contribution in [0.25, 0.3) is 0 Å². The topological polar surface area (TPSA) is 37.3 Å². The van der Waals surface area contributed by atoms with E-state index in [2.05, 4.69) is 0 Å². The van der Waals surface area contributed by atoms with Gasteiger partial charge in [-0.3, -0.25) is 4.79 Å². The lowest BCUT2D eigenvalue weighted by molar-refractivity contribution is -0.137. The Labute approximate surface area is 87.5 Å². The molecule has 1 fully saturated rings. The predicted molar refractivity (Wildman–Crippen MR) is 54.6 cm³/mol. The molecule has 0 radical (unpaired) electrons. The van der Waals surface area contributed by atoms with E-state index in [1.807, 2.05) is 24.3 Å². The van der Waals surface area contributed by atoms with Gasteiger partial charge in [-0.2, -0.15) is 0 Å². The molecule has 14 heavy (non-hydrogen) atoms. The minimum atomic E-state index is -0.709. The molecule has 2 rings (SSSR count). The number of carbonyl (C=O) groups is 1. The molecule has 0 spiro atoms. The molecule has 2 atom stereocenters. The lowest BCUT2D eigenvalue weighted by atomic mass is 10.1. The zero-order chi connectivity index (χ0) is 10.1. The van der Waals surface area contributed by atoms with Crippen LogP contribution in [-0.4, -0.2) is 11.1 Å². The third-order valence-electron chi connectivity index (χ3n) is 2.64. The number of carboxylic acid groups (broad SMARTS) is 1. The van der Waals surface area contributed by atoms with E-state index in [0.29, 0.717) is 11.8 Å². The molecule has 1 saturated carbocycles. The SMILES string of the molecule is O=C(O)CC1CC1c1cccc(Cl)c1. The molecule has 2 nitrogen and oxygen atoms in total. The summed E-state index contributed by atoms with van der Waals surface area (Å²) in [6, 6.07) is 7.68. The summed E-state index contributed by atoms with van der Waals surface area (Å²) in [5, 5.41) is 9.34. The molecule has 1 aliphatic rings. The van der Waals surface area contributed by atoms with Gasteiger partial charge in [-0.05, 0) is 36.0 Å². The van der Waals surface area contributed by atoms with E-state index in [9.17, 15) is 4.79 Å². The first-order valence-electron chi connectivity index (χ1n) is 4.64. The first-order chi connectivity index (χ1) is 6.66. The smallest absolute Gasteiger partial charge is 0.303 e. The summed E-state index contributed by atoms with van der Waals surface area (Å²) in [7, 11) is 0. The Morgan fingerprint density at radius 1 is 1.57 bits per heavy atom. The third kappa shape index (κ3) is 2.07.